The minimum absolute atomic E-state index is 0.156. The van der Waals surface area contributed by atoms with Crippen molar-refractivity contribution < 1.29 is 4.39 Å². The third kappa shape index (κ3) is 4.01. The number of aryl methyl sites for hydroxylation is 1. The first-order valence-corrected chi connectivity index (χ1v) is 9.70. The average molecular weight is 366 g/mol. The number of halogens is 2. The van der Waals surface area contributed by atoms with Crippen LogP contribution < -0.4 is 5.32 Å². The van der Waals surface area contributed by atoms with Gasteiger partial charge in [0.1, 0.15) is 12.0 Å². The monoisotopic (exact) mass is 365 g/mol. The Morgan fingerprint density at radius 1 is 1.25 bits per heavy atom. The molecule has 1 aliphatic carbocycles. The lowest BCUT2D eigenvalue weighted by Gasteiger charge is -2.20. The molecule has 1 unspecified atom stereocenters. The number of anilines is 1. The minimum Gasteiger partial charge on any atom is -0.366 e. The minimum atomic E-state index is -1.17. The predicted octanol–water partition coefficient (Wildman–Crippen LogP) is 5.24. The summed E-state index contributed by atoms with van der Waals surface area (Å²) in [6, 6.07) is 7.05. The van der Waals surface area contributed by atoms with Crippen molar-refractivity contribution in [3.8, 4) is 0 Å². The van der Waals surface area contributed by atoms with Crippen LogP contribution in [0.2, 0.25) is 5.02 Å². The fourth-order valence-corrected chi connectivity index (χ4v) is 3.78. The predicted molar refractivity (Wildman–Crippen MR) is 98.9 cm³/mol. The second-order valence-electron chi connectivity index (χ2n) is 5.79. The summed E-state index contributed by atoms with van der Waals surface area (Å²) in [4.78, 5) is 9.26. The first kappa shape index (κ1) is 17.5. The third-order valence-electron chi connectivity index (χ3n) is 4.13. The third-order valence-corrected chi connectivity index (χ3v) is 5.20. The highest BCUT2D eigenvalue weighted by Crippen LogP contribution is 2.30. The van der Waals surface area contributed by atoms with E-state index in [-0.39, 0.29) is 6.54 Å². The zero-order valence-corrected chi connectivity index (χ0v) is 15.3. The van der Waals surface area contributed by atoms with Crippen LogP contribution in [0.15, 0.2) is 29.4 Å². The summed E-state index contributed by atoms with van der Waals surface area (Å²) in [5.74, 6) is 1.70. The molecular formula is C18H21ClFN3S. The fourth-order valence-electron chi connectivity index (χ4n) is 2.94. The quantitative estimate of drug-likeness (QED) is 0.561. The Bertz CT molecular complexity index is 711. The molecule has 1 aliphatic rings. The van der Waals surface area contributed by atoms with E-state index in [1.165, 1.54) is 0 Å². The van der Waals surface area contributed by atoms with E-state index >= 15 is 0 Å². The molecule has 1 atom stereocenters. The molecule has 128 valence electrons. The smallest absolute Gasteiger partial charge is 0.189 e. The molecule has 1 aromatic heterocycles. The van der Waals surface area contributed by atoms with Crippen molar-refractivity contribution in [3.63, 3.8) is 0 Å². The van der Waals surface area contributed by atoms with Crippen molar-refractivity contribution in [1.29, 1.82) is 0 Å². The Morgan fingerprint density at radius 3 is 2.83 bits per heavy atom. The van der Waals surface area contributed by atoms with Crippen LogP contribution in [-0.2, 0) is 12.8 Å². The van der Waals surface area contributed by atoms with Gasteiger partial charge in [0.2, 0.25) is 0 Å². The van der Waals surface area contributed by atoms with E-state index < -0.39 is 6.17 Å². The molecule has 1 heterocycles. The number of hydrogen-bond acceptors (Lipinski definition) is 4. The Balaban J connectivity index is 1.79. The second-order valence-corrected chi connectivity index (χ2v) is 7.43. The molecule has 0 saturated carbocycles. The van der Waals surface area contributed by atoms with Crippen LogP contribution in [0.5, 0.6) is 0 Å². The number of thioether (sulfide) groups is 1. The highest BCUT2D eigenvalue weighted by Gasteiger charge is 2.19. The van der Waals surface area contributed by atoms with Crippen molar-refractivity contribution in [2.75, 3.05) is 17.6 Å². The largest absolute Gasteiger partial charge is 0.366 e. The van der Waals surface area contributed by atoms with Gasteiger partial charge in [-0.2, -0.15) is 0 Å². The van der Waals surface area contributed by atoms with E-state index in [9.17, 15) is 4.39 Å². The van der Waals surface area contributed by atoms with Crippen LogP contribution >= 0.6 is 23.4 Å². The highest BCUT2D eigenvalue weighted by atomic mass is 35.5. The van der Waals surface area contributed by atoms with Crippen LogP contribution in [0.1, 0.15) is 42.8 Å². The van der Waals surface area contributed by atoms with E-state index in [4.69, 9.17) is 11.6 Å². The molecule has 0 radical (unpaired) electrons. The highest BCUT2D eigenvalue weighted by molar-refractivity contribution is 7.99. The number of aromatic nitrogens is 2. The molecule has 3 rings (SSSR count). The molecule has 1 N–H and O–H groups in total. The van der Waals surface area contributed by atoms with Crippen LogP contribution in [0.4, 0.5) is 10.2 Å². The Labute approximate surface area is 151 Å². The molecule has 0 aliphatic heterocycles. The Morgan fingerprint density at radius 2 is 2.04 bits per heavy atom. The molecule has 0 bridgehead atoms. The summed E-state index contributed by atoms with van der Waals surface area (Å²) >= 11 is 7.70. The normalized spacial score (nSPS) is 15.0. The molecule has 0 fully saturated rings. The molecule has 0 amide bonds. The van der Waals surface area contributed by atoms with E-state index in [0.29, 0.717) is 10.6 Å². The first-order chi connectivity index (χ1) is 11.7. The van der Waals surface area contributed by atoms with Gasteiger partial charge in [0, 0.05) is 16.1 Å². The van der Waals surface area contributed by atoms with Gasteiger partial charge in [-0.1, -0.05) is 48.5 Å². The van der Waals surface area contributed by atoms with E-state index in [0.717, 1.165) is 53.7 Å². The number of alkyl halides is 1. The SMILES string of the molecule is CCSc1nc2c(c(NCC(F)c3ccccc3Cl)n1)CCCC2. The zero-order chi connectivity index (χ0) is 16.9. The van der Waals surface area contributed by atoms with Gasteiger partial charge in [-0.15, -0.1) is 0 Å². The van der Waals surface area contributed by atoms with Gasteiger partial charge >= 0.3 is 0 Å². The summed E-state index contributed by atoms with van der Waals surface area (Å²) in [5.41, 5.74) is 2.77. The van der Waals surface area contributed by atoms with Crippen molar-refractivity contribution in [3.05, 3.63) is 46.1 Å². The van der Waals surface area contributed by atoms with Crippen molar-refractivity contribution >= 4 is 29.2 Å². The number of rotatable bonds is 6. The summed E-state index contributed by atoms with van der Waals surface area (Å²) in [7, 11) is 0. The lowest BCUT2D eigenvalue weighted by atomic mass is 9.96. The summed E-state index contributed by atoms with van der Waals surface area (Å²) in [5, 5.41) is 4.43. The van der Waals surface area contributed by atoms with Crippen LogP contribution in [0, 0.1) is 0 Å². The summed E-state index contributed by atoms with van der Waals surface area (Å²) < 4.78 is 14.6. The van der Waals surface area contributed by atoms with Gasteiger partial charge in [-0.05, 0) is 37.5 Å². The van der Waals surface area contributed by atoms with Gasteiger partial charge in [0.15, 0.2) is 5.16 Å². The molecule has 3 nitrogen and oxygen atoms in total. The number of nitrogens with zero attached hydrogens (tertiary/aromatic N) is 2. The summed E-state index contributed by atoms with van der Waals surface area (Å²) in [6.45, 7) is 2.24. The van der Waals surface area contributed by atoms with Crippen molar-refractivity contribution in [1.82, 2.24) is 9.97 Å². The molecule has 6 heteroatoms. The lowest BCUT2D eigenvalue weighted by molar-refractivity contribution is 0.360. The second kappa shape index (κ2) is 8.17. The average Bonchev–Trinajstić information content (AvgIpc) is 2.60. The standard InChI is InChI=1S/C18H21ClFN3S/c1-2-24-18-22-16-10-6-4-8-13(16)17(23-18)21-11-15(20)12-7-3-5-9-14(12)19/h3,5,7,9,15H,2,4,6,8,10-11H2,1H3,(H,21,22,23). The van der Waals surface area contributed by atoms with E-state index in [2.05, 4.69) is 22.2 Å². The molecule has 1 aromatic carbocycles. The van der Waals surface area contributed by atoms with Crippen LogP contribution in [0.3, 0.4) is 0 Å². The molecule has 24 heavy (non-hydrogen) atoms. The Kier molecular flexibility index (Phi) is 5.95. The van der Waals surface area contributed by atoms with E-state index in [1.54, 1.807) is 36.0 Å². The van der Waals surface area contributed by atoms with Crippen LogP contribution in [-0.4, -0.2) is 22.3 Å². The number of fused-ring (bicyclic) bond motifs is 1. The topological polar surface area (TPSA) is 37.8 Å². The van der Waals surface area contributed by atoms with Gasteiger partial charge in [0.25, 0.3) is 0 Å². The molecular weight excluding hydrogens is 345 g/mol. The number of hydrogen-bond donors (Lipinski definition) is 1. The maximum Gasteiger partial charge on any atom is 0.189 e. The lowest BCUT2D eigenvalue weighted by Crippen LogP contribution is -2.16. The van der Waals surface area contributed by atoms with Gasteiger partial charge in [-0.25, -0.2) is 14.4 Å². The molecule has 2 aromatic rings. The van der Waals surface area contributed by atoms with Gasteiger partial charge in [0.05, 0.1) is 12.2 Å². The van der Waals surface area contributed by atoms with Crippen molar-refractivity contribution in [2.24, 2.45) is 0 Å². The molecule has 0 spiro atoms. The zero-order valence-electron chi connectivity index (χ0n) is 13.7. The first-order valence-electron chi connectivity index (χ1n) is 8.34. The summed E-state index contributed by atoms with van der Waals surface area (Å²) in [6.07, 6.45) is 3.06. The Hall–Kier alpha value is -1.33. The van der Waals surface area contributed by atoms with Crippen LogP contribution in [0.25, 0.3) is 0 Å². The number of nitrogens with one attached hydrogen (secondary N) is 1. The van der Waals surface area contributed by atoms with Crippen molar-refractivity contribution in [2.45, 2.75) is 43.9 Å². The number of benzene rings is 1. The maximum atomic E-state index is 14.6. The van der Waals surface area contributed by atoms with Gasteiger partial charge in [-0.3, -0.25) is 0 Å². The fraction of sp³-hybridized carbons (Fsp3) is 0.444. The van der Waals surface area contributed by atoms with Gasteiger partial charge < -0.3 is 5.32 Å². The maximum absolute atomic E-state index is 14.6. The van der Waals surface area contributed by atoms with E-state index in [1.807, 2.05) is 0 Å². The molecule has 0 saturated heterocycles.